The first-order valence-electron chi connectivity index (χ1n) is 4.76. The molecule has 0 radical (unpaired) electrons. The van der Waals surface area contributed by atoms with Crippen molar-refractivity contribution in [3.63, 3.8) is 0 Å². The molecule has 4 nitrogen and oxygen atoms in total. The molecule has 2 aromatic rings. The Labute approximate surface area is 92.8 Å². The quantitative estimate of drug-likeness (QED) is 0.838. The van der Waals surface area contributed by atoms with E-state index in [9.17, 15) is 0 Å². The van der Waals surface area contributed by atoms with Crippen molar-refractivity contribution in [1.29, 1.82) is 0 Å². The summed E-state index contributed by atoms with van der Waals surface area (Å²) in [6, 6.07) is -0.156. The minimum Gasteiger partial charge on any atom is -0.318 e. The van der Waals surface area contributed by atoms with Crippen LogP contribution in [0.15, 0.2) is 12.4 Å². The second-order valence-electron chi connectivity index (χ2n) is 3.62. The van der Waals surface area contributed by atoms with Gasteiger partial charge in [-0.15, -0.1) is 11.3 Å². The fourth-order valence-corrected chi connectivity index (χ4v) is 2.33. The smallest absolute Gasteiger partial charge is 0.115 e. The summed E-state index contributed by atoms with van der Waals surface area (Å²) < 4.78 is 1.75. The van der Waals surface area contributed by atoms with Gasteiger partial charge in [0.05, 0.1) is 17.9 Å². The van der Waals surface area contributed by atoms with Gasteiger partial charge in [-0.3, -0.25) is 4.68 Å². The van der Waals surface area contributed by atoms with Crippen molar-refractivity contribution < 1.29 is 0 Å². The third kappa shape index (κ3) is 1.93. The Hall–Kier alpha value is -1.20. The van der Waals surface area contributed by atoms with Gasteiger partial charge in [0.2, 0.25) is 0 Å². The molecule has 0 amide bonds. The molecule has 0 aliphatic carbocycles. The molecule has 0 aliphatic rings. The SMILES string of the molecule is Cc1nc(C(N)c2cnn(C)c2)sc1C. The number of aromatic nitrogens is 3. The summed E-state index contributed by atoms with van der Waals surface area (Å²) in [5, 5.41) is 5.06. The van der Waals surface area contributed by atoms with Gasteiger partial charge in [0, 0.05) is 23.7 Å². The number of hydrogen-bond acceptors (Lipinski definition) is 4. The van der Waals surface area contributed by atoms with E-state index in [4.69, 9.17) is 5.73 Å². The van der Waals surface area contributed by atoms with Gasteiger partial charge in [0.25, 0.3) is 0 Å². The summed E-state index contributed by atoms with van der Waals surface area (Å²) in [5.41, 5.74) is 8.18. The Kier molecular flexibility index (Phi) is 2.58. The zero-order chi connectivity index (χ0) is 11.0. The molecule has 0 spiro atoms. The largest absolute Gasteiger partial charge is 0.318 e. The molecule has 2 aromatic heterocycles. The maximum Gasteiger partial charge on any atom is 0.115 e. The van der Waals surface area contributed by atoms with Crippen LogP contribution in [0.1, 0.15) is 27.2 Å². The fraction of sp³-hybridized carbons (Fsp3) is 0.400. The van der Waals surface area contributed by atoms with Crippen molar-refractivity contribution in [1.82, 2.24) is 14.8 Å². The van der Waals surface area contributed by atoms with Crippen LogP contribution in [0.5, 0.6) is 0 Å². The number of nitrogens with zero attached hydrogens (tertiary/aromatic N) is 3. The van der Waals surface area contributed by atoms with Crippen LogP contribution < -0.4 is 5.73 Å². The Morgan fingerprint density at radius 1 is 1.47 bits per heavy atom. The highest BCUT2D eigenvalue weighted by atomic mass is 32.1. The molecule has 1 unspecified atom stereocenters. The Morgan fingerprint density at radius 2 is 2.20 bits per heavy atom. The third-order valence-corrected chi connectivity index (χ3v) is 3.55. The number of nitrogens with two attached hydrogens (primary N) is 1. The predicted octanol–water partition coefficient (Wildman–Crippen LogP) is 1.54. The summed E-state index contributed by atoms with van der Waals surface area (Å²) >= 11 is 1.65. The van der Waals surface area contributed by atoms with Crippen LogP contribution >= 0.6 is 11.3 Å². The molecule has 0 saturated carbocycles. The molecule has 0 aromatic carbocycles. The maximum atomic E-state index is 6.11. The van der Waals surface area contributed by atoms with E-state index in [-0.39, 0.29) is 6.04 Å². The van der Waals surface area contributed by atoms with Crippen LogP contribution in [0.4, 0.5) is 0 Å². The van der Waals surface area contributed by atoms with Crippen molar-refractivity contribution >= 4 is 11.3 Å². The van der Waals surface area contributed by atoms with Crippen molar-refractivity contribution in [3.8, 4) is 0 Å². The van der Waals surface area contributed by atoms with Crippen LogP contribution in [0.3, 0.4) is 0 Å². The van der Waals surface area contributed by atoms with E-state index < -0.39 is 0 Å². The zero-order valence-electron chi connectivity index (χ0n) is 9.06. The van der Waals surface area contributed by atoms with E-state index in [0.29, 0.717) is 0 Å². The summed E-state index contributed by atoms with van der Waals surface area (Å²) in [6.45, 7) is 4.07. The van der Waals surface area contributed by atoms with Crippen LogP contribution in [-0.4, -0.2) is 14.8 Å². The summed E-state index contributed by atoms with van der Waals surface area (Å²) in [4.78, 5) is 5.68. The summed E-state index contributed by atoms with van der Waals surface area (Å²) in [6.07, 6.45) is 3.72. The van der Waals surface area contributed by atoms with Gasteiger partial charge in [-0.25, -0.2) is 4.98 Å². The van der Waals surface area contributed by atoms with E-state index in [1.807, 2.05) is 20.2 Å². The second kappa shape index (κ2) is 3.75. The molecule has 1 atom stereocenters. The average molecular weight is 222 g/mol. The zero-order valence-corrected chi connectivity index (χ0v) is 9.88. The molecule has 0 fully saturated rings. The van der Waals surface area contributed by atoms with E-state index in [1.54, 1.807) is 22.2 Å². The number of hydrogen-bond donors (Lipinski definition) is 1. The van der Waals surface area contributed by atoms with E-state index in [1.165, 1.54) is 4.88 Å². The number of thiazole rings is 1. The molecule has 80 valence electrons. The molecule has 2 heterocycles. The Morgan fingerprint density at radius 3 is 2.67 bits per heavy atom. The second-order valence-corrected chi connectivity index (χ2v) is 4.85. The van der Waals surface area contributed by atoms with Crippen LogP contribution in [0, 0.1) is 13.8 Å². The first-order valence-corrected chi connectivity index (χ1v) is 5.57. The van der Waals surface area contributed by atoms with E-state index in [2.05, 4.69) is 17.0 Å². The topological polar surface area (TPSA) is 56.7 Å². The number of rotatable bonds is 2. The lowest BCUT2D eigenvalue weighted by molar-refractivity contribution is 0.764. The van der Waals surface area contributed by atoms with Crippen LogP contribution in [0.25, 0.3) is 0 Å². The summed E-state index contributed by atoms with van der Waals surface area (Å²) in [7, 11) is 1.88. The van der Waals surface area contributed by atoms with Gasteiger partial charge in [-0.05, 0) is 13.8 Å². The van der Waals surface area contributed by atoms with Crippen LogP contribution in [-0.2, 0) is 7.05 Å². The summed E-state index contributed by atoms with van der Waals surface area (Å²) in [5.74, 6) is 0. The molecule has 0 saturated heterocycles. The lowest BCUT2D eigenvalue weighted by Crippen LogP contribution is -2.10. The highest BCUT2D eigenvalue weighted by Crippen LogP contribution is 2.25. The van der Waals surface area contributed by atoms with E-state index >= 15 is 0 Å². The minimum atomic E-state index is -0.156. The van der Waals surface area contributed by atoms with Gasteiger partial charge in [0.1, 0.15) is 5.01 Å². The molecule has 0 bridgehead atoms. The van der Waals surface area contributed by atoms with Gasteiger partial charge in [-0.2, -0.15) is 5.10 Å². The predicted molar refractivity (Wildman–Crippen MR) is 60.8 cm³/mol. The Balaban J connectivity index is 2.31. The number of aryl methyl sites for hydroxylation is 3. The van der Waals surface area contributed by atoms with Gasteiger partial charge in [-0.1, -0.05) is 0 Å². The first kappa shape index (κ1) is 10.3. The highest BCUT2D eigenvalue weighted by Gasteiger charge is 2.15. The monoisotopic (exact) mass is 222 g/mol. The van der Waals surface area contributed by atoms with Crippen molar-refractivity contribution in [2.24, 2.45) is 12.8 Å². The van der Waals surface area contributed by atoms with Gasteiger partial charge in [0.15, 0.2) is 0 Å². The van der Waals surface area contributed by atoms with Crippen LogP contribution in [0.2, 0.25) is 0 Å². The fourth-order valence-electron chi connectivity index (χ4n) is 1.37. The molecule has 5 heteroatoms. The van der Waals surface area contributed by atoms with Gasteiger partial charge >= 0.3 is 0 Å². The lowest BCUT2D eigenvalue weighted by atomic mass is 10.2. The Bertz CT molecular complexity index is 452. The molecule has 2 rings (SSSR count). The lowest BCUT2D eigenvalue weighted by Gasteiger charge is -2.03. The maximum absolute atomic E-state index is 6.11. The molecule has 2 N–H and O–H groups in total. The highest BCUT2D eigenvalue weighted by molar-refractivity contribution is 7.11. The van der Waals surface area contributed by atoms with Crippen molar-refractivity contribution in [2.45, 2.75) is 19.9 Å². The van der Waals surface area contributed by atoms with Gasteiger partial charge < -0.3 is 5.73 Å². The van der Waals surface area contributed by atoms with E-state index in [0.717, 1.165) is 16.3 Å². The minimum absolute atomic E-state index is 0.156. The average Bonchev–Trinajstić information content (AvgIpc) is 2.74. The standard InChI is InChI=1S/C10H14N4S/c1-6-7(2)15-10(13-6)9(11)8-4-12-14(3)5-8/h4-5,9H,11H2,1-3H3. The molecule has 0 aliphatic heterocycles. The molecular weight excluding hydrogens is 208 g/mol. The van der Waals surface area contributed by atoms with Crippen molar-refractivity contribution in [2.75, 3.05) is 0 Å². The first-order chi connectivity index (χ1) is 7.08. The normalized spacial score (nSPS) is 13.1. The molecule has 15 heavy (non-hydrogen) atoms. The van der Waals surface area contributed by atoms with Crippen molar-refractivity contribution in [3.05, 3.63) is 33.5 Å². The third-order valence-electron chi connectivity index (χ3n) is 2.40. The molecular formula is C10H14N4S.